The average Bonchev–Trinajstić information content (AvgIpc) is 2.84. The summed E-state index contributed by atoms with van der Waals surface area (Å²) in [5.74, 6) is -0.823. The third-order valence-electron chi connectivity index (χ3n) is 5.31. The molecule has 4 rings (SSSR count). The van der Waals surface area contributed by atoms with Crippen molar-refractivity contribution in [1.82, 2.24) is 5.48 Å². The number of amides is 1. The summed E-state index contributed by atoms with van der Waals surface area (Å²) >= 11 is 0. The van der Waals surface area contributed by atoms with E-state index in [0.29, 0.717) is 18.6 Å². The van der Waals surface area contributed by atoms with Crippen molar-refractivity contribution in [2.45, 2.75) is 36.2 Å². The number of hydrogen-bond donors (Lipinski definition) is 1. The van der Waals surface area contributed by atoms with Crippen LogP contribution in [0.25, 0.3) is 11.1 Å². The second-order valence-electron chi connectivity index (χ2n) is 7.66. The molecular weight excluding hydrogens is 426 g/mol. The number of ether oxygens (including phenoxy) is 1. The Kier molecular flexibility index (Phi) is 6.99. The highest BCUT2D eigenvalue weighted by atomic mass is 32.2. The number of hydroxylamine groups is 1. The molecule has 1 aliphatic heterocycles. The van der Waals surface area contributed by atoms with Crippen LogP contribution in [0.4, 0.5) is 0 Å². The molecule has 0 spiro atoms. The molecule has 3 aromatic carbocycles. The highest BCUT2D eigenvalue weighted by Gasteiger charge is 2.24. The minimum absolute atomic E-state index is 0.0298. The Morgan fingerprint density at radius 3 is 2.31 bits per heavy atom. The van der Waals surface area contributed by atoms with E-state index >= 15 is 0 Å². The Bertz CT molecular complexity index is 1150. The summed E-state index contributed by atoms with van der Waals surface area (Å²) in [6.07, 6.45) is 2.08. The van der Waals surface area contributed by atoms with E-state index in [4.69, 9.17) is 9.57 Å². The highest BCUT2D eigenvalue weighted by molar-refractivity contribution is 7.90. The van der Waals surface area contributed by atoms with Crippen LogP contribution in [0.1, 0.15) is 35.2 Å². The van der Waals surface area contributed by atoms with Crippen LogP contribution in [0, 0.1) is 0 Å². The van der Waals surface area contributed by atoms with Gasteiger partial charge in [-0.1, -0.05) is 66.7 Å². The third kappa shape index (κ3) is 5.43. The Hall–Kier alpha value is -3.00. The maximum Gasteiger partial charge on any atom is 0.276 e. The van der Waals surface area contributed by atoms with Gasteiger partial charge >= 0.3 is 0 Å². The molecule has 0 bridgehead atoms. The van der Waals surface area contributed by atoms with Gasteiger partial charge in [0.1, 0.15) is 0 Å². The largest absolute Gasteiger partial charge is 0.350 e. The molecular formula is C25H25NO5S. The molecule has 0 saturated carbocycles. The second kappa shape index (κ2) is 10.1. The van der Waals surface area contributed by atoms with Crippen LogP contribution in [0.15, 0.2) is 83.8 Å². The number of carbonyl (C=O) groups is 1. The van der Waals surface area contributed by atoms with Gasteiger partial charge in [-0.2, -0.15) is 0 Å². The molecule has 0 aromatic heterocycles. The van der Waals surface area contributed by atoms with Gasteiger partial charge in [-0.25, -0.2) is 18.7 Å². The maximum atomic E-state index is 13.1. The monoisotopic (exact) mass is 451 g/mol. The van der Waals surface area contributed by atoms with Crippen molar-refractivity contribution in [3.8, 4) is 11.1 Å². The molecule has 0 radical (unpaired) electrons. The molecule has 0 aliphatic carbocycles. The SMILES string of the molecule is O=C(NOC1CCCCO1)c1ccccc1S(=O)(=O)Cc1ccc(-c2ccccc2)cc1. The van der Waals surface area contributed by atoms with Crippen molar-refractivity contribution in [1.29, 1.82) is 0 Å². The number of rotatable bonds is 7. The third-order valence-corrected chi connectivity index (χ3v) is 7.04. The van der Waals surface area contributed by atoms with Crippen LogP contribution in [-0.4, -0.2) is 27.2 Å². The number of hydrogen-bond acceptors (Lipinski definition) is 5. The van der Waals surface area contributed by atoms with Gasteiger partial charge in [0.05, 0.1) is 16.2 Å². The fourth-order valence-electron chi connectivity index (χ4n) is 3.62. The van der Waals surface area contributed by atoms with E-state index in [2.05, 4.69) is 5.48 Å². The lowest BCUT2D eigenvalue weighted by Crippen LogP contribution is -2.33. The fourth-order valence-corrected chi connectivity index (χ4v) is 5.19. The lowest BCUT2D eigenvalue weighted by atomic mass is 10.0. The quantitative estimate of drug-likeness (QED) is 0.535. The number of carbonyl (C=O) groups excluding carboxylic acids is 1. The maximum absolute atomic E-state index is 13.1. The molecule has 7 heteroatoms. The summed E-state index contributed by atoms with van der Waals surface area (Å²) in [6.45, 7) is 0.578. The molecule has 3 aromatic rings. The van der Waals surface area contributed by atoms with Gasteiger partial charge in [-0.15, -0.1) is 0 Å². The minimum Gasteiger partial charge on any atom is -0.350 e. The summed E-state index contributed by atoms with van der Waals surface area (Å²) in [6, 6.07) is 23.4. The highest BCUT2D eigenvalue weighted by Crippen LogP contribution is 2.24. The van der Waals surface area contributed by atoms with Crippen LogP contribution in [0.5, 0.6) is 0 Å². The number of nitrogens with one attached hydrogen (secondary N) is 1. The van der Waals surface area contributed by atoms with Crippen LogP contribution >= 0.6 is 0 Å². The zero-order chi connectivity index (χ0) is 22.4. The number of sulfone groups is 1. The Morgan fingerprint density at radius 1 is 0.906 bits per heavy atom. The molecule has 166 valence electrons. The van der Waals surface area contributed by atoms with E-state index in [1.165, 1.54) is 12.1 Å². The summed E-state index contributed by atoms with van der Waals surface area (Å²) in [4.78, 5) is 17.9. The summed E-state index contributed by atoms with van der Waals surface area (Å²) < 4.78 is 31.7. The molecule has 6 nitrogen and oxygen atoms in total. The molecule has 1 aliphatic rings. The lowest BCUT2D eigenvalue weighted by Gasteiger charge is -2.22. The van der Waals surface area contributed by atoms with Crippen LogP contribution in [0.2, 0.25) is 0 Å². The van der Waals surface area contributed by atoms with Gasteiger partial charge in [-0.05, 0) is 41.7 Å². The normalized spacial score (nSPS) is 16.4. The van der Waals surface area contributed by atoms with Crippen LogP contribution in [-0.2, 0) is 25.2 Å². The first kappa shape index (κ1) is 22.2. The predicted octanol–water partition coefficient (Wildman–Crippen LogP) is 4.52. The Labute approximate surface area is 188 Å². The molecule has 1 unspecified atom stereocenters. The van der Waals surface area contributed by atoms with Crippen molar-refractivity contribution in [3.63, 3.8) is 0 Å². The zero-order valence-electron chi connectivity index (χ0n) is 17.6. The Balaban J connectivity index is 1.48. The van der Waals surface area contributed by atoms with Crippen LogP contribution < -0.4 is 5.48 Å². The van der Waals surface area contributed by atoms with Crippen molar-refractivity contribution < 1.29 is 22.8 Å². The molecule has 1 N–H and O–H groups in total. The van der Waals surface area contributed by atoms with Crippen molar-refractivity contribution >= 4 is 15.7 Å². The first-order valence-electron chi connectivity index (χ1n) is 10.6. The van der Waals surface area contributed by atoms with E-state index < -0.39 is 22.0 Å². The Morgan fingerprint density at radius 2 is 1.59 bits per heavy atom. The van der Waals surface area contributed by atoms with Gasteiger partial charge < -0.3 is 4.74 Å². The van der Waals surface area contributed by atoms with E-state index in [1.54, 1.807) is 24.3 Å². The van der Waals surface area contributed by atoms with E-state index in [0.717, 1.165) is 24.0 Å². The first-order valence-corrected chi connectivity index (χ1v) is 12.2. The van der Waals surface area contributed by atoms with Crippen molar-refractivity contribution in [2.24, 2.45) is 0 Å². The predicted molar refractivity (Wildman–Crippen MR) is 121 cm³/mol. The molecule has 32 heavy (non-hydrogen) atoms. The number of benzene rings is 3. The van der Waals surface area contributed by atoms with Gasteiger partial charge in [0.25, 0.3) is 5.91 Å². The van der Waals surface area contributed by atoms with Gasteiger partial charge in [-0.3, -0.25) is 4.79 Å². The van der Waals surface area contributed by atoms with Crippen molar-refractivity contribution in [3.05, 3.63) is 90.0 Å². The minimum atomic E-state index is -3.76. The van der Waals surface area contributed by atoms with E-state index in [-0.39, 0.29) is 16.2 Å². The molecule has 1 atom stereocenters. The van der Waals surface area contributed by atoms with E-state index in [1.807, 2.05) is 42.5 Å². The lowest BCUT2D eigenvalue weighted by molar-refractivity contribution is -0.186. The second-order valence-corrected chi connectivity index (χ2v) is 9.62. The average molecular weight is 452 g/mol. The molecule has 1 amide bonds. The molecule has 1 heterocycles. The van der Waals surface area contributed by atoms with Crippen molar-refractivity contribution in [2.75, 3.05) is 6.61 Å². The molecule has 1 saturated heterocycles. The molecule has 1 fully saturated rings. The first-order chi connectivity index (χ1) is 15.5. The van der Waals surface area contributed by atoms with Crippen LogP contribution in [0.3, 0.4) is 0 Å². The summed E-state index contributed by atoms with van der Waals surface area (Å²) in [5, 5.41) is 0. The van der Waals surface area contributed by atoms with E-state index in [9.17, 15) is 13.2 Å². The van der Waals surface area contributed by atoms with Gasteiger partial charge in [0.15, 0.2) is 16.1 Å². The zero-order valence-corrected chi connectivity index (χ0v) is 18.4. The topological polar surface area (TPSA) is 81.7 Å². The summed E-state index contributed by atoms with van der Waals surface area (Å²) in [7, 11) is -3.76. The standard InChI is InChI=1S/C25H25NO5S/c27-25(26-31-24-12-6-7-17-30-24)22-10-4-5-11-23(22)32(28,29)18-19-13-15-21(16-14-19)20-8-2-1-3-9-20/h1-5,8-11,13-16,24H,6-7,12,17-18H2,(H,26,27). The van der Waals surface area contributed by atoms with Gasteiger partial charge in [0.2, 0.25) is 0 Å². The smallest absolute Gasteiger partial charge is 0.276 e. The summed E-state index contributed by atoms with van der Waals surface area (Å²) in [5.41, 5.74) is 5.10. The van der Waals surface area contributed by atoms with Gasteiger partial charge in [0, 0.05) is 13.0 Å². The fraction of sp³-hybridized carbons (Fsp3) is 0.240.